The van der Waals surface area contributed by atoms with Gasteiger partial charge in [0.05, 0.1) is 11.5 Å². The van der Waals surface area contributed by atoms with Gasteiger partial charge in [-0.1, -0.05) is 0 Å². The number of carboxylic acid groups (broad SMARTS) is 1. The first kappa shape index (κ1) is 13.3. The molecule has 1 heterocycles. The molecular formula is C13H17N3O3. The summed E-state index contributed by atoms with van der Waals surface area (Å²) in [5, 5.41) is 12.2. The number of primary amides is 1. The van der Waals surface area contributed by atoms with Gasteiger partial charge in [0.25, 0.3) is 0 Å². The Morgan fingerprint density at radius 1 is 1.26 bits per heavy atom. The van der Waals surface area contributed by atoms with E-state index in [4.69, 9.17) is 10.8 Å². The van der Waals surface area contributed by atoms with Gasteiger partial charge in [-0.2, -0.15) is 0 Å². The van der Waals surface area contributed by atoms with Crippen LogP contribution in [0.15, 0.2) is 18.3 Å². The summed E-state index contributed by atoms with van der Waals surface area (Å²) < 4.78 is 0. The van der Waals surface area contributed by atoms with Gasteiger partial charge in [0.15, 0.2) is 0 Å². The highest BCUT2D eigenvalue weighted by Gasteiger charge is 2.25. The van der Waals surface area contributed by atoms with Crippen molar-refractivity contribution in [3.8, 4) is 0 Å². The number of nitrogens with zero attached hydrogens (tertiary/aromatic N) is 1. The summed E-state index contributed by atoms with van der Waals surface area (Å²) in [6.07, 6.45) is 4.44. The molecule has 0 aromatic carbocycles. The third-order valence-electron chi connectivity index (χ3n) is 3.48. The van der Waals surface area contributed by atoms with Gasteiger partial charge in [-0.25, -0.2) is 4.98 Å². The van der Waals surface area contributed by atoms with E-state index >= 15 is 0 Å². The first-order valence-corrected chi connectivity index (χ1v) is 6.31. The van der Waals surface area contributed by atoms with E-state index in [9.17, 15) is 9.59 Å². The van der Waals surface area contributed by atoms with E-state index in [1.54, 1.807) is 12.1 Å². The zero-order valence-corrected chi connectivity index (χ0v) is 10.5. The average molecular weight is 263 g/mol. The summed E-state index contributed by atoms with van der Waals surface area (Å²) in [6, 6.07) is 3.58. The van der Waals surface area contributed by atoms with Crippen LogP contribution in [0.2, 0.25) is 0 Å². The molecule has 1 amide bonds. The lowest BCUT2D eigenvalue weighted by Gasteiger charge is -2.27. The van der Waals surface area contributed by atoms with Gasteiger partial charge < -0.3 is 16.2 Å². The number of carboxylic acids is 1. The Hall–Kier alpha value is -2.11. The van der Waals surface area contributed by atoms with Crippen LogP contribution >= 0.6 is 0 Å². The highest BCUT2D eigenvalue weighted by molar-refractivity contribution is 5.92. The molecule has 1 aliphatic carbocycles. The van der Waals surface area contributed by atoms with Crippen molar-refractivity contribution < 1.29 is 14.7 Å². The van der Waals surface area contributed by atoms with Crippen LogP contribution in [0.1, 0.15) is 36.0 Å². The summed E-state index contributed by atoms with van der Waals surface area (Å²) in [5.41, 5.74) is 5.51. The highest BCUT2D eigenvalue weighted by atomic mass is 16.4. The number of anilines is 1. The molecule has 1 aromatic heterocycles. The lowest BCUT2D eigenvalue weighted by Crippen LogP contribution is -2.29. The van der Waals surface area contributed by atoms with Crippen LogP contribution < -0.4 is 11.1 Å². The van der Waals surface area contributed by atoms with Crippen molar-refractivity contribution >= 4 is 17.7 Å². The standard InChI is InChI=1S/C13H17N3O3/c14-12(17)9-3-6-11(15-7-9)16-10-4-1-8(2-5-10)13(18)19/h3,6-8,10H,1-2,4-5H2,(H2,14,17)(H,15,16)(H,18,19). The maximum atomic E-state index is 10.9. The fraction of sp³-hybridized carbons (Fsp3) is 0.462. The van der Waals surface area contributed by atoms with Crippen molar-refractivity contribution in [3.63, 3.8) is 0 Å². The van der Waals surface area contributed by atoms with Gasteiger partial charge in [-0.15, -0.1) is 0 Å². The van der Waals surface area contributed by atoms with Crippen LogP contribution in [-0.2, 0) is 4.79 Å². The molecule has 4 N–H and O–H groups in total. The molecule has 1 aromatic rings. The van der Waals surface area contributed by atoms with Crippen molar-refractivity contribution in [3.05, 3.63) is 23.9 Å². The SMILES string of the molecule is NC(=O)c1ccc(NC2CCC(C(=O)O)CC2)nc1. The first-order chi connectivity index (χ1) is 9.06. The number of pyridine rings is 1. The maximum absolute atomic E-state index is 10.9. The second kappa shape index (κ2) is 5.69. The first-order valence-electron chi connectivity index (χ1n) is 6.31. The molecule has 0 atom stereocenters. The fourth-order valence-electron chi connectivity index (χ4n) is 2.32. The lowest BCUT2D eigenvalue weighted by molar-refractivity contribution is -0.142. The second-order valence-electron chi connectivity index (χ2n) is 4.83. The Kier molecular flexibility index (Phi) is 3.99. The number of nitrogens with two attached hydrogens (primary N) is 1. The van der Waals surface area contributed by atoms with Crippen LogP contribution in [0.5, 0.6) is 0 Å². The minimum atomic E-state index is -0.706. The predicted octanol–water partition coefficient (Wildman–Crippen LogP) is 1.24. The van der Waals surface area contributed by atoms with E-state index in [-0.39, 0.29) is 12.0 Å². The quantitative estimate of drug-likeness (QED) is 0.757. The Morgan fingerprint density at radius 3 is 2.42 bits per heavy atom. The third kappa shape index (κ3) is 3.43. The molecule has 1 aliphatic rings. The molecule has 0 spiro atoms. The number of carbonyl (C=O) groups is 2. The number of rotatable bonds is 4. The Labute approximate surface area is 111 Å². The molecule has 0 radical (unpaired) electrons. The highest BCUT2D eigenvalue weighted by Crippen LogP contribution is 2.26. The van der Waals surface area contributed by atoms with Gasteiger partial charge in [0.2, 0.25) is 5.91 Å². The number of amides is 1. The van der Waals surface area contributed by atoms with Crippen molar-refractivity contribution in [2.24, 2.45) is 11.7 Å². The van der Waals surface area contributed by atoms with Crippen molar-refractivity contribution in [1.82, 2.24) is 4.98 Å². The predicted molar refractivity (Wildman–Crippen MR) is 69.8 cm³/mol. The van der Waals surface area contributed by atoms with Gasteiger partial charge in [-0.3, -0.25) is 9.59 Å². The minimum absolute atomic E-state index is 0.219. The van der Waals surface area contributed by atoms with Crippen molar-refractivity contribution in [1.29, 1.82) is 0 Å². The summed E-state index contributed by atoms with van der Waals surface area (Å²) in [7, 11) is 0. The molecule has 0 bridgehead atoms. The van der Waals surface area contributed by atoms with E-state index in [0.717, 1.165) is 12.8 Å². The monoisotopic (exact) mass is 263 g/mol. The number of hydrogen-bond acceptors (Lipinski definition) is 4. The number of aromatic nitrogens is 1. The van der Waals surface area contributed by atoms with Crippen LogP contribution in [0, 0.1) is 5.92 Å². The Morgan fingerprint density at radius 2 is 1.95 bits per heavy atom. The number of aliphatic carboxylic acids is 1. The molecule has 19 heavy (non-hydrogen) atoms. The molecule has 6 nitrogen and oxygen atoms in total. The third-order valence-corrected chi connectivity index (χ3v) is 3.48. The number of hydrogen-bond donors (Lipinski definition) is 3. The van der Waals surface area contributed by atoms with E-state index in [0.29, 0.717) is 24.2 Å². The van der Waals surface area contributed by atoms with Crippen LogP contribution in [-0.4, -0.2) is 28.0 Å². The van der Waals surface area contributed by atoms with Crippen molar-refractivity contribution in [2.75, 3.05) is 5.32 Å². The van der Waals surface area contributed by atoms with E-state index in [1.807, 2.05) is 0 Å². The fourth-order valence-corrected chi connectivity index (χ4v) is 2.32. The summed E-state index contributed by atoms with van der Waals surface area (Å²) in [6.45, 7) is 0. The van der Waals surface area contributed by atoms with Crippen LogP contribution in [0.4, 0.5) is 5.82 Å². The summed E-state index contributed by atoms with van der Waals surface area (Å²) >= 11 is 0. The molecule has 6 heteroatoms. The van der Waals surface area contributed by atoms with Gasteiger partial charge in [0.1, 0.15) is 5.82 Å². The van der Waals surface area contributed by atoms with E-state index < -0.39 is 11.9 Å². The minimum Gasteiger partial charge on any atom is -0.481 e. The van der Waals surface area contributed by atoms with Gasteiger partial charge in [-0.05, 0) is 37.8 Å². The topological polar surface area (TPSA) is 105 Å². The molecule has 1 fully saturated rings. The summed E-state index contributed by atoms with van der Waals surface area (Å²) in [4.78, 5) is 25.9. The van der Waals surface area contributed by atoms with Crippen molar-refractivity contribution in [2.45, 2.75) is 31.7 Å². The summed E-state index contributed by atoms with van der Waals surface area (Å²) in [5.74, 6) is -0.740. The second-order valence-corrected chi connectivity index (χ2v) is 4.83. The smallest absolute Gasteiger partial charge is 0.306 e. The molecule has 102 valence electrons. The Balaban J connectivity index is 1.88. The van der Waals surface area contributed by atoms with Gasteiger partial charge >= 0.3 is 5.97 Å². The molecular weight excluding hydrogens is 246 g/mol. The normalized spacial score (nSPS) is 22.7. The molecule has 2 rings (SSSR count). The Bertz CT molecular complexity index is 465. The maximum Gasteiger partial charge on any atom is 0.306 e. The largest absolute Gasteiger partial charge is 0.481 e. The lowest BCUT2D eigenvalue weighted by atomic mass is 9.86. The molecule has 0 saturated heterocycles. The number of carbonyl (C=O) groups excluding carboxylic acids is 1. The average Bonchev–Trinajstić information content (AvgIpc) is 2.40. The molecule has 0 aliphatic heterocycles. The van der Waals surface area contributed by atoms with Crippen LogP contribution in [0.25, 0.3) is 0 Å². The van der Waals surface area contributed by atoms with Gasteiger partial charge in [0, 0.05) is 12.2 Å². The van der Waals surface area contributed by atoms with E-state index in [2.05, 4.69) is 10.3 Å². The molecule has 0 unspecified atom stereocenters. The zero-order valence-electron chi connectivity index (χ0n) is 10.5. The van der Waals surface area contributed by atoms with E-state index in [1.165, 1.54) is 6.20 Å². The zero-order chi connectivity index (χ0) is 13.8. The van der Waals surface area contributed by atoms with Crippen LogP contribution in [0.3, 0.4) is 0 Å². The molecule has 1 saturated carbocycles. The number of nitrogens with one attached hydrogen (secondary N) is 1.